The molecule has 29 heavy (non-hydrogen) atoms. The topological polar surface area (TPSA) is 91.8 Å². The number of hydrogen-bond donors (Lipinski definition) is 0. The van der Waals surface area contributed by atoms with Crippen LogP contribution in [0.3, 0.4) is 0 Å². The zero-order valence-electron chi connectivity index (χ0n) is 17.1. The largest absolute Gasteiger partial charge is 0.342 e. The first-order valence-corrected chi connectivity index (χ1v) is 13.5. The van der Waals surface area contributed by atoms with E-state index in [4.69, 9.17) is 0 Å². The maximum atomic E-state index is 12.6. The zero-order valence-corrected chi connectivity index (χ0v) is 18.7. The minimum Gasteiger partial charge on any atom is -0.342 e. The van der Waals surface area contributed by atoms with Gasteiger partial charge in [-0.15, -0.1) is 0 Å². The van der Waals surface area contributed by atoms with E-state index in [0.29, 0.717) is 44.6 Å². The average molecular weight is 443 g/mol. The van der Waals surface area contributed by atoms with Crippen molar-refractivity contribution in [1.29, 1.82) is 0 Å². The van der Waals surface area contributed by atoms with E-state index in [1.54, 1.807) is 30.9 Å². The summed E-state index contributed by atoms with van der Waals surface area (Å²) in [5, 5.41) is -0.360. The van der Waals surface area contributed by atoms with Crippen LogP contribution in [0.4, 0.5) is 5.69 Å². The van der Waals surface area contributed by atoms with Crippen LogP contribution in [-0.4, -0.2) is 64.0 Å². The molecule has 0 aromatic heterocycles. The summed E-state index contributed by atoms with van der Waals surface area (Å²) in [4.78, 5) is 14.4. The predicted octanol–water partition coefficient (Wildman–Crippen LogP) is 1.83. The second kappa shape index (κ2) is 8.63. The standard InChI is InChI=1S/C20H30N2O5S2/c1-16(2)28(24,25)15-18-8-11-21(12-9-18)20(23)14-17-4-6-19(7-5-17)22-10-3-13-29(22,26)27/h4-7,16,18H,3,8-15H2,1-2H3. The van der Waals surface area contributed by atoms with Gasteiger partial charge in [0.05, 0.1) is 28.9 Å². The van der Waals surface area contributed by atoms with Gasteiger partial charge in [-0.05, 0) is 56.7 Å². The van der Waals surface area contributed by atoms with Gasteiger partial charge in [-0.2, -0.15) is 0 Å². The van der Waals surface area contributed by atoms with E-state index in [-0.39, 0.29) is 35.0 Å². The van der Waals surface area contributed by atoms with Crippen molar-refractivity contribution in [3.8, 4) is 0 Å². The van der Waals surface area contributed by atoms with Gasteiger partial charge in [0.1, 0.15) is 0 Å². The van der Waals surface area contributed by atoms with Crippen LogP contribution in [0, 0.1) is 5.92 Å². The lowest BCUT2D eigenvalue weighted by molar-refractivity contribution is -0.131. The number of sulfonamides is 1. The van der Waals surface area contributed by atoms with E-state index in [9.17, 15) is 21.6 Å². The van der Waals surface area contributed by atoms with E-state index in [0.717, 1.165) is 5.56 Å². The van der Waals surface area contributed by atoms with Gasteiger partial charge in [0, 0.05) is 19.6 Å². The quantitative estimate of drug-likeness (QED) is 0.670. The molecule has 2 saturated heterocycles. The first-order valence-electron chi connectivity index (χ1n) is 10.2. The Morgan fingerprint density at radius 1 is 1.10 bits per heavy atom. The summed E-state index contributed by atoms with van der Waals surface area (Å²) in [6.45, 7) is 5.08. The molecule has 3 rings (SSSR count). The summed E-state index contributed by atoms with van der Waals surface area (Å²) in [5.41, 5.74) is 1.49. The number of piperidine rings is 1. The van der Waals surface area contributed by atoms with Crippen LogP contribution >= 0.6 is 0 Å². The summed E-state index contributed by atoms with van der Waals surface area (Å²) in [5.74, 6) is 0.528. The molecule has 7 nitrogen and oxygen atoms in total. The number of sulfone groups is 1. The normalized spacial score (nSPS) is 20.4. The number of hydrogen-bond acceptors (Lipinski definition) is 5. The van der Waals surface area contributed by atoms with E-state index < -0.39 is 19.9 Å². The van der Waals surface area contributed by atoms with Gasteiger partial charge in [-0.1, -0.05) is 12.1 Å². The molecule has 0 atom stereocenters. The molecule has 1 aromatic rings. The molecule has 0 unspecified atom stereocenters. The number of amides is 1. The molecular formula is C20H30N2O5S2. The minimum absolute atomic E-state index is 0.0247. The van der Waals surface area contributed by atoms with Gasteiger partial charge in [-0.3, -0.25) is 9.10 Å². The van der Waals surface area contributed by atoms with E-state index in [1.807, 2.05) is 12.1 Å². The Morgan fingerprint density at radius 2 is 1.72 bits per heavy atom. The van der Waals surface area contributed by atoms with Crippen molar-refractivity contribution in [2.45, 2.75) is 44.8 Å². The summed E-state index contributed by atoms with van der Waals surface area (Å²) >= 11 is 0. The van der Waals surface area contributed by atoms with Gasteiger partial charge < -0.3 is 4.90 Å². The van der Waals surface area contributed by atoms with Crippen molar-refractivity contribution < 1.29 is 21.6 Å². The van der Waals surface area contributed by atoms with Crippen LogP contribution in [0.15, 0.2) is 24.3 Å². The Balaban J connectivity index is 1.52. The molecule has 162 valence electrons. The lowest BCUT2D eigenvalue weighted by Crippen LogP contribution is -2.41. The molecule has 2 aliphatic heterocycles. The molecule has 2 aliphatic rings. The number of benzene rings is 1. The predicted molar refractivity (Wildman–Crippen MR) is 114 cm³/mol. The highest BCUT2D eigenvalue weighted by Gasteiger charge is 2.29. The number of carbonyl (C=O) groups excluding carboxylic acids is 1. The first kappa shape index (κ1) is 22.1. The van der Waals surface area contributed by atoms with Gasteiger partial charge in [0.15, 0.2) is 9.84 Å². The summed E-state index contributed by atoms with van der Waals surface area (Å²) < 4.78 is 49.6. The second-order valence-electron chi connectivity index (χ2n) is 8.29. The van der Waals surface area contributed by atoms with Gasteiger partial charge in [0.2, 0.25) is 15.9 Å². The Labute approximate surface area is 174 Å². The highest BCUT2D eigenvalue weighted by Crippen LogP contribution is 2.25. The van der Waals surface area contributed by atoms with Crippen LogP contribution in [-0.2, 0) is 31.1 Å². The van der Waals surface area contributed by atoms with Crippen molar-refractivity contribution in [2.75, 3.05) is 35.4 Å². The van der Waals surface area contributed by atoms with Crippen molar-refractivity contribution in [1.82, 2.24) is 4.90 Å². The monoisotopic (exact) mass is 442 g/mol. The first-order chi connectivity index (χ1) is 13.6. The second-order valence-corrected chi connectivity index (χ2v) is 12.9. The number of anilines is 1. The van der Waals surface area contributed by atoms with E-state index in [1.165, 1.54) is 4.31 Å². The molecular weight excluding hydrogens is 412 g/mol. The molecule has 0 radical (unpaired) electrons. The smallest absolute Gasteiger partial charge is 0.235 e. The Hall–Kier alpha value is -1.61. The lowest BCUT2D eigenvalue weighted by Gasteiger charge is -2.32. The molecule has 0 bridgehead atoms. The van der Waals surface area contributed by atoms with Crippen molar-refractivity contribution in [2.24, 2.45) is 5.92 Å². The molecule has 2 heterocycles. The Morgan fingerprint density at radius 3 is 2.24 bits per heavy atom. The van der Waals surface area contributed by atoms with Crippen molar-refractivity contribution in [3.63, 3.8) is 0 Å². The van der Waals surface area contributed by atoms with Crippen LogP contribution < -0.4 is 4.31 Å². The van der Waals surface area contributed by atoms with Gasteiger partial charge in [0.25, 0.3) is 0 Å². The third-order valence-corrected chi connectivity index (χ3v) is 10.1. The number of nitrogens with zero attached hydrogens (tertiary/aromatic N) is 2. The molecule has 1 aromatic carbocycles. The maximum absolute atomic E-state index is 12.6. The van der Waals surface area contributed by atoms with Crippen LogP contribution in [0.25, 0.3) is 0 Å². The number of carbonyl (C=O) groups is 1. The van der Waals surface area contributed by atoms with Gasteiger partial charge in [-0.25, -0.2) is 16.8 Å². The summed E-state index contributed by atoms with van der Waals surface area (Å²) in [6.07, 6.45) is 2.33. The fourth-order valence-corrected chi connectivity index (χ4v) is 6.81. The van der Waals surface area contributed by atoms with Crippen molar-refractivity contribution in [3.05, 3.63) is 29.8 Å². The summed E-state index contributed by atoms with van der Waals surface area (Å²) in [6, 6.07) is 7.13. The van der Waals surface area contributed by atoms with Gasteiger partial charge >= 0.3 is 0 Å². The molecule has 9 heteroatoms. The molecule has 0 aliphatic carbocycles. The third-order valence-electron chi connectivity index (χ3n) is 5.83. The van der Waals surface area contributed by atoms with E-state index >= 15 is 0 Å². The van der Waals surface area contributed by atoms with Crippen molar-refractivity contribution >= 4 is 31.5 Å². The summed E-state index contributed by atoms with van der Waals surface area (Å²) in [7, 11) is -6.26. The fraction of sp³-hybridized carbons (Fsp3) is 0.650. The lowest BCUT2D eigenvalue weighted by atomic mass is 9.98. The molecule has 2 fully saturated rings. The number of rotatable bonds is 6. The zero-order chi connectivity index (χ0) is 21.2. The van der Waals surface area contributed by atoms with E-state index in [2.05, 4.69) is 0 Å². The van der Waals surface area contributed by atoms with Crippen LogP contribution in [0.1, 0.15) is 38.7 Å². The Kier molecular flexibility index (Phi) is 6.57. The van der Waals surface area contributed by atoms with Crippen LogP contribution in [0.2, 0.25) is 0 Å². The minimum atomic E-state index is -3.20. The highest BCUT2D eigenvalue weighted by molar-refractivity contribution is 7.93. The number of likely N-dealkylation sites (tertiary alicyclic amines) is 1. The molecule has 1 amide bonds. The SMILES string of the molecule is CC(C)S(=O)(=O)CC1CCN(C(=O)Cc2ccc(N3CCCS3(=O)=O)cc2)CC1. The third kappa shape index (κ3) is 5.31. The van der Waals surface area contributed by atoms with Crippen LogP contribution in [0.5, 0.6) is 0 Å². The maximum Gasteiger partial charge on any atom is 0.235 e. The molecule has 0 saturated carbocycles. The fourth-order valence-electron chi connectivity index (χ4n) is 3.87. The highest BCUT2D eigenvalue weighted by atomic mass is 32.2. The Bertz CT molecular complexity index is 932. The molecule has 0 spiro atoms. The average Bonchev–Trinajstić information content (AvgIpc) is 3.01. The molecule has 0 N–H and O–H groups in total.